The zero-order valence-electron chi connectivity index (χ0n) is 21.0. The van der Waals surface area contributed by atoms with E-state index in [0.717, 1.165) is 10.6 Å². The topological polar surface area (TPSA) is 68.3 Å². The summed E-state index contributed by atoms with van der Waals surface area (Å²) in [6, 6.07) is -0.336. The molecule has 0 aliphatic rings. The molecule has 0 aromatic carbocycles. The van der Waals surface area contributed by atoms with Crippen LogP contribution in [0.15, 0.2) is 12.2 Å². The summed E-state index contributed by atoms with van der Waals surface area (Å²) < 4.78 is 11.8. The highest BCUT2D eigenvalue weighted by molar-refractivity contribution is 6.74. The number of amides is 2. The van der Waals surface area contributed by atoms with Gasteiger partial charge in [-0.3, -0.25) is 14.5 Å². The molecule has 0 N–H and O–H groups in total. The lowest BCUT2D eigenvalue weighted by molar-refractivity contribution is -0.170. The average molecular weight is 445 g/mol. The van der Waals surface area contributed by atoms with E-state index in [2.05, 4.69) is 40.4 Å². The minimum Gasteiger partial charge on any atom is -0.444 e. The number of hydroxylamine groups is 2. The lowest BCUT2D eigenvalue weighted by Gasteiger charge is -2.37. The molecule has 0 aliphatic heterocycles. The van der Waals surface area contributed by atoms with Crippen molar-refractivity contribution in [3.8, 4) is 0 Å². The molecule has 0 radical (unpaired) electrons. The van der Waals surface area contributed by atoms with Crippen LogP contribution < -0.4 is 0 Å². The van der Waals surface area contributed by atoms with Gasteiger partial charge in [0.2, 0.25) is 0 Å². The number of rotatable bonds is 10. The zero-order valence-corrected chi connectivity index (χ0v) is 22.0. The number of ether oxygens (including phenoxy) is 1. The third-order valence-electron chi connectivity index (χ3n) is 5.49. The second kappa shape index (κ2) is 11.3. The molecule has 0 fully saturated rings. The van der Waals surface area contributed by atoms with Crippen LogP contribution in [-0.2, 0) is 18.8 Å². The molecule has 7 nitrogen and oxygen atoms in total. The molecule has 1 atom stereocenters. The molecule has 0 aromatic rings. The molecule has 0 bridgehead atoms. The fraction of sp³-hybridized carbons (Fsp3) is 0.818. The van der Waals surface area contributed by atoms with Gasteiger partial charge < -0.3 is 9.16 Å². The minimum atomic E-state index is -1.87. The Labute approximate surface area is 184 Å². The molecule has 0 aromatic heterocycles. The number of carbonyl (C=O) groups excluding carboxylic acids is 2. The zero-order chi connectivity index (χ0) is 23.9. The van der Waals surface area contributed by atoms with E-state index in [1.54, 1.807) is 20.8 Å². The Morgan fingerprint density at radius 1 is 1.10 bits per heavy atom. The van der Waals surface area contributed by atoms with E-state index >= 15 is 0 Å². The van der Waals surface area contributed by atoms with Gasteiger partial charge in [0.05, 0.1) is 13.2 Å². The first-order chi connectivity index (χ1) is 13.5. The van der Waals surface area contributed by atoms with Crippen LogP contribution in [0.25, 0.3) is 0 Å². The Morgan fingerprint density at radius 2 is 1.63 bits per heavy atom. The van der Waals surface area contributed by atoms with E-state index in [1.165, 1.54) is 19.1 Å². The van der Waals surface area contributed by atoms with Crippen molar-refractivity contribution in [3.05, 3.63) is 12.2 Å². The highest BCUT2D eigenvalue weighted by atomic mass is 28.4. The van der Waals surface area contributed by atoms with Crippen molar-refractivity contribution in [1.29, 1.82) is 0 Å². The predicted octanol–water partition coefficient (Wildman–Crippen LogP) is 4.99. The van der Waals surface area contributed by atoms with Gasteiger partial charge in [0, 0.05) is 13.7 Å². The third-order valence-corrected chi connectivity index (χ3v) is 10.0. The minimum absolute atomic E-state index is 0.123. The summed E-state index contributed by atoms with van der Waals surface area (Å²) >= 11 is 0. The Hall–Kier alpha value is -1.38. The average Bonchev–Trinajstić information content (AvgIpc) is 2.57. The summed E-state index contributed by atoms with van der Waals surface area (Å²) in [6.07, 6.45) is 0.680. The van der Waals surface area contributed by atoms with Gasteiger partial charge in [-0.1, -0.05) is 39.8 Å². The molecule has 0 rings (SSSR count). The lowest BCUT2D eigenvalue weighted by atomic mass is 10.0. The third kappa shape index (κ3) is 9.18. The Kier molecular flexibility index (Phi) is 10.8. The Balaban J connectivity index is 5.42. The van der Waals surface area contributed by atoms with E-state index in [0.29, 0.717) is 19.4 Å². The first-order valence-electron chi connectivity index (χ1n) is 10.6. The monoisotopic (exact) mass is 444 g/mol. The van der Waals surface area contributed by atoms with Crippen molar-refractivity contribution in [2.45, 2.75) is 91.1 Å². The van der Waals surface area contributed by atoms with Crippen molar-refractivity contribution < 1.29 is 23.6 Å². The van der Waals surface area contributed by atoms with Crippen molar-refractivity contribution in [1.82, 2.24) is 9.96 Å². The van der Waals surface area contributed by atoms with Gasteiger partial charge in [0.25, 0.3) is 5.91 Å². The SMILES string of the molecule is C=C(CCO[Si](C)(C)C(C)(C)C)[C@@H](CC)N(CC(=O)N(C)OC)C(=O)OC(C)(C)C. The molecule has 8 heteroatoms. The molecule has 2 amide bonds. The summed E-state index contributed by atoms with van der Waals surface area (Å²) in [5.41, 5.74) is 0.173. The van der Waals surface area contributed by atoms with Crippen molar-refractivity contribution in [2.75, 3.05) is 27.3 Å². The molecular formula is C22H44N2O5Si. The second-order valence-corrected chi connectivity index (χ2v) is 14.9. The molecule has 0 unspecified atom stereocenters. The number of hydrogen-bond acceptors (Lipinski definition) is 5. The number of nitrogens with zero attached hydrogens (tertiary/aromatic N) is 2. The quantitative estimate of drug-likeness (QED) is 0.270. The van der Waals surface area contributed by atoms with E-state index in [9.17, 15) is 9.59 Å². The lowest BCUT2D eigenvalue weighted by Crippen LogP contribution is -2.49. The van der Waals surface area contributed by atoms with Crippen LogP contribution in [0.3, 0.4) is 0 Å². The first kappa shape index (κ1) is 28.6. The molecule has 0 aliphatic carbocycles. The first-order valence-corrected chi connectivity index (χ1v) is 13.5. The maximum absolute atomic E-state index is 12.9. The standard InChI is InChI=1S/C22H44N2O5Si/c1-13-18(17(2)14-15-28-30(11,12)22(6,7)8)24(16-19(25)23(9)27-10)20(26)29-21(3,4)5/h18H,2,13-16H2,1,3-12H3/t18-/m1/s1. The maximum Gasteiger partial charge on any atom is 0.411 e. The summed E-state index contributed by atoms with van der Waals surface area (Å²) in [5.74, 6) is -0.341. The van der Waals surface area contributed by atoms with E-state index in [1.807, 2.05) is 6.92 Å². The molecule has 176 valence electrons. The summed E-state index contributed by atoms with van der Waals surface area (Å²) in [7, 11) is 1.05. The summed E-state index contributed by atoms with van der Waals surface area (Å²) in [4.78, 5) is 31.8. The maximum atomic E-state index is 12.9. The molecule has 30 heavy (non-hydrogen) atoms. The fourth-order valence-corrected chi connectivity index (χ4v) is 3.56. The highest BCUT2D eigenvalue weighted by Gasteiger charge is 2.37. The van der Waals surface area contributed by atoms with Gasteiger partial charge in [-0.25, -0.2) is 9.86 Å². The van der Waals surface area contributed by atoms with Gasteiger partial charge >= 0.3 is 6.09 Å². The summed E-state index contributed by atoms with van der Waals surface area (Å²) in [6.45, 7) is 23.0. The molecule has 0 saturated carbocycles. The van der Waals surface area contributed by atoms with Crippen LogP contribution in [0.4, 0.5) is 4.79 Å². The van der Waals surface area contributed by atoms with Crippen LogP contribution in [0.2, 0.25) is 18.1 Å². The number of carbonyl (C=O) groups is 2. The van der Waals surface area contributed by atoms with Crippen molar-refractivity contribution >= 4 is 20.3 Å². The van der Waals surface area contributed by atoms with Gasteiger partial charge in [-0.2, -0.15) is 0 Å². The van der Waals surface area contributed by atoms with Crippen LogP contribution in [0, 0.1) is 0 Å². The van der Waals surface area contributed by atoms with Crippen LogP contribution in [0.5, 0.6) is 0 Å². The van der Waals surface area contributed by atoms with E-state index < -0.39 is 20.0 Å². The summed E-state index contributed by atoms with van der Waals surface area (Å²) in [5, 5.41) is 1.23. The van der Waals surface area contributed by atoms with Crippen LogP contribution >= 0.6 is 0 Å². The smallest absolute Gasteiger partial charge is 0.411 e. The Morgan fingerprint density at radius 3 is 2.03 bits per heavy atom. The normalized spacial score (nSPS) is 13.6. The molecular weight excluding hydrogens is 400 g/mol. The van der Waals surface area contributed by atoms with Gasteiger partial charge in [-0.05, 0) is 51.7 Å². The van der Waals surface area contributed by atoms with Gasteiger partial charge in [-0.15, -0.1) is 0 Å². The molecule has 0 heterocycles. The Bertz CT molecular complexity index is 593. The largest absolute Gasteiger partial charge is 0.444 e. The number of hydrogen-bond donors (Lipinski definition) is 0. The highest BCUT2D eigenvalue weighted by Crippen LogP contribution is 2.36. The molecule has 0 saturated heterocycles. The fourth-order valence-electron chi connectivity index (χ4n) is 2.52. The van der Waals surface area contributed by atoms with E-state index in [4.69, 9.17) is 14.0 Å². The van der Waals surface area contributed by atoms with Crippen molar-refractivity contribution in [3.63, 3.8) is 0 Å². The number of likely N-dealkylation sites (N-methyl/N-ethyl adjacent to an activating group) is 1. The second-order valence-electron chi connectivity index (χ2n) is 10.1. The van der Waals surface area contributed by atoms with Gasteiger partial charge in [0.15, 0.2) is 8.32 Å². The van der Waals surface area contributed by atoms with Crippen LogP contribution in [-0.4, -0.2) is 69.2 Å². The van der Waals surface area contributed by atoms with E-state index in [-0.39, 0.29) is 23.5 Å². The van der Waals surface area contributed by atoms with Gasteiger partial charge in [0.1, 0.15) is 12.1 Å². The molecule has 0 spiro atoms. The van der Waals surface area contributed by atoms with Crippen LogP contribution in [0.1, 0.15) is 61.3 Å². The van der Waals surface area contributed by atoms with Crippen molar-refractivity contribution in [2.24, 2.45) is 0 Å². The predicted molar refractivity (Wildman–Crippen MR) is 124 cm³/mol.